The van der Waals surface area contributed by atoms with Crippen molar-refractivity contribution in [3.05, 3.63) is 0 Å². The van der Waals surface area contributed by atoms with Crippen LogP contribution in [0.15, 0.2) is 0 Å². The molecule has 0 unspecified atom stereocenters. The van der Waals surface area contributed by atoms with E-state index in [9.17, 15) is 13.6 Å². The van der Waals surface area contributed by atoms with Gasteiger partial charge in [0.25, 0.3) is 0 Å². The van der Waals surface area contributed by atoms with Crippen LogP contribution in [-0.4, -0.2) is 24.3 Å². The molecule has 1 N–H and O–H groups in total. The van der Waals surface area contributed by atoms with E-state index in [-0.39, 0.29) is 24.7 Å². The summed E-state index contributed by atoms with van der Waals surface area (Å²) in [5, 5.41) is 2.81. The fourth-order valence-electron chi connectivity index (χ4n) is 2.05. The van der Waals surface area contributed by atoms with Crippen LogP contribution in [0.1, 0.15) is 44.9 Å². The predicted molar refractivity (Wildman–Crippen MR) is 64.5 cm³/mol. The van der Waals surface area contributed by atoms with Crippen molar-refractivity contribution in [2.75, 3.05) is 12.4 Å². The molecule has 1 fully saturated rings. The molecule has 0 atom stereocenters. The summed E-state index contributed by atoms with van der Waals surface area (Å²) in [6, 6.07) is 0. The van der Waals surface area contributed by atoms with Crippen LogP contribution in [0, 0.1) is 5.92 Å². The molecule has 1 saturated carbocycles. The van der Waals surface area contributed by atoms with Gasteiger partial charge in [-0.25, -0.2) is 8.78 Å². The molecule has 0 spiro atoms. The van der Waals surface area contributed by atoms with Gasteiger partial charge in [-0.2, -0.15) is 0 Å². The summed E-state index contributed by atoms with van der Waals surface area (Å²) < 4.78 is 25.8. The topological polar surface area (TPSA) is 29.1 Å². The van der Waals surface area contributed by atoms with Crippen molar-refractivity contribution < 1.29 is 13.6 Å². The average molecular weight is 268 g/mol. The number of carbonyl (C=O) groups excluding carboxylic acids is 1. The van der Waals surface area contributed by atoms with Gasteiger partial charge in [0.1, 0.15) is 0 Å². The molecule has 1 rings (SSSR count). The summed E-state index contributed by atoms with van der Waals surface area (Å²) in [5.41, 5.74) is 0. The van der Waals surface area contributed by atoms with E-state index in [1.165, 1.54) is 0 Å². The van der Waals surface area contributed by atoms with Gasteiger partial charge in [0.2, 0.25) is 11.8 Å². The Morgan fingerprint density at radius 3 is 2.47 bits per heavy atom. The zero-order valence-corrected chi connectivity index (χ0v) is 10.7. The molecule has 5 heteroatoms. The number of unbranched alkanes of at least 4 members (excludes halogenated alkanes) is 2. The number of nitrogens with one attached hydrogen (secondary N) is 1. The van der Waals surface area contributed by atoms with Crippen LogP contribution >= 0.6 is 11.6 Å². The highest BCUT2D eigenvalue weighted by atomic mass is 35.5. The minimum absolute atomic E-state index is 0.0635. The van der Waals surface area contributed by atoms with Crippen LogP contribution in [0.3, 0.4) is 0 Å². The van der Waals surface area contributed by atoms with Gasteiger partial charge in [-0.05, 0) is 25.7 Å². The second-order valence-electron chi connectivity index (χ2n) is 4.67. The summed E-state index contributed by atoms with van der Waals surface area (Å²) in [6.07, 6.45) is 3.15. The Labute approximate surface area is 106 Å². The van der Waals surface area contributed by atoms with E-state index in [1.54, 1.807) is 0 Å². The van der Waals surface area contributed by atoms with Crippen LogP contribution in [0.25, 0.3) is 0 Å². The predicted octanol–water partition coefficient (Wildman–Crippen LogP) is 3.34. The fraction of sp³-hybridized carbons (Fsp3) is 0.917. The van der Waals surface area contributed by atoms with Crippen LogP contribution in [0.5, 0.6) is 0 Å². The molecule has 1 aliphatic rings. The van der Waals surface area contributed by atoms with E-state index in [1.807, 2.05) is 0 Å². The maximum atomic E-state index is 12.9. The molecule has 0 aromatic heterocycles. The quantitative estimate of drug-likeness (QED) is 0.580. The molecule has 100 valence electrons. The molecule has 0 aromatic rings. The lowest BCUT2D eigenvalue weighted by molar-refractivity contribution is -0.129. The van der Waals surface area contributed by atoms with Crippen molar-refractivity contribution in [2.45, 2.75) is 50.9 Å². The smallest absolute Gasteiger partial charge is 0.248 e. The van der Waals surface area contributed by atoms with Crippen molar-refractivity contribution in [2.24, 2.45) is 5.92 Å². The minimum atomic E-state index is -2.56. The summed E-state index contributed by atoms with van der Waals surface area (Å²) in [5.74, 6) is -2.20. The van der Waals surface area contributed by atoms with Gasteiger partial charge in [0.05, 0.1) is 0 Å². The molecule has 0 heterocycles. The lowest BCUT2D eigenvalue weighted by Gasteiger charge is -2.27. The van der Waals surface area contributed by atoms with E-state index in [4.69, 9.17) is 11.6 Å². The molecule has 0 aromatic carbocycles. The number of halogens is 3. The van der Waals surface area contributed by atoms with E-state index < -0.39 is 5.92 Å². The van der Waals surface area contributed by atoms with Gasteiger partial charge >= 0.3 is 0 Å². The Balaban J connectivity index is 2.12. The van der Waals surface area contributed by atoms with E-state index in [0.29, 0.717) is 25.3 Å². The highest BCUT2D eigenvalue weighted by Gasteiger charge is 2.37. The van der Waals surface area contributed by atoms with Crippen LogP contribution in [0.2, 0.25) is 0 Å². The molecule has 17 heavy (non-hydrogen) atoms. The number of amides is 1. The molecular formula is C12H20ClF2NO. The number of hydrogen-bond acceptors (Lipinski definition) is 1. The SMILES string of the molecule is O=C(NCCCCCCl)C1CCC(F)(F)CC1. The Morgan fingerprint density at radius 2 is 1.88 bits per heavy atom. The van der Waals surface area contributed by atoms with Crippen molar-refractivity contribution in [1.29, 1.82) is 0 Å². The van der Waals surface area contributed by atoms with Crippen LogP contribution in [-0.2, 0) is 4.79 Å². The molecule has 2 nitrogen and oxygen atoms in total. The van der Waals surface area contributed by atoms with E-state index in [0.717, 1.165) is 19.3 Å². The Morgan fingerprint density at radius 1 is 1.24 bits per heavy atom. The zero-order valence-electron chi connectivity index (χ0n) is 9.98. The Bertz CT molecular complexity index is 239. The van der Waals surface area contributed by atoms with E-state index in [2.05, 4.69) is 5.32 Å². The monoisotopic (exact) mass is 267 g/mol. The fourth-order valence-corrected chi connectivity index (χ4v) is 2.24. The van der Waals surface area contributed by atoms with Crippen molar-refractivity contribution >= 4 is 17.5 Å². The average Bonchev–Trinajstić information content (AvgIpc) is 2.28. The number of carbonyl (C=O) groups is 1. The lowest BCUT2D eigenvalue weighted by Crippen LogP contribution is -2.36. The van der Waals surface area contributed by atoms with Crippen LogP contribution in [0.4, 0.5) is 8.78 Å². The highest BCUT2D eigenvalue weighted by molar-refractivity contribution is 6.17. The maximum absolute atomic E-state index is 12.9. The van der Waals surface area contributed by atoms with E-state index >= 15 is 0 Å². The largest absolute Gasteiger partial charge is 0.356 e. The molecular weight excluding hydrogens is 248 g/mol. The summed E-state index contributed by atoms with van der Waals surface area (Å²) in [4.78, 5) is 11.7. The first-order valence-corrected chi connectivity index (χ1v) is 6.80. The van der Waals surface area contributed by atoms with Crippen molar-refractivity contribution in [3.63, 3.8) is 0 Å². The zero-order chi connectivity index (χ0) is 12.7. The second-order valence-corrected chi connectivity index (χ2v) is 5.05. The lowest BCUT2D eigenvalue weighted by atomic mass is 9.86. The van der Waals surface area contributed by atoms with Gasteiger partial charge in [-0.3, -0.25) is 4.79 Å². The number of rotatable bonds is 6. The summed E-state index contributed by atoms with van der Waals surface area (Å²) in [6.45, 7) is 0.628. The van der Waals surface area contributed by atoms with Gasteiger partial charge in [0.15, 0.2) is 0 Å². The number of hydrogen-bond donors (Lipinski definition) is 1. The third-order valence-corrected chi connectivity index (χ3v) is 3.46. The van der Waals surface area contributed by atoms with Gasteiger partial charge in [0, 0.05) is 31.2 Å². The number of alkyl halides is 3. The van der Waals surface area contributed by atoms with Crippen LogP contribution < -0.4 is 5.32 Å². The second kappa shape index (κ2) is 7.14. The van der Waals surface area contributed by atoms with Gasteiger partial charge < -0.3 is 5.32 Å². The highest BCUT2D eigenvalue weighted by Crippen LogP contribution is 2.36. The molecule has 0 radical (unpaired) electrons. The Hall–Kier alpha value is -0.380. The first kappa shape index (κ1) is 14.7. The molecule has 0 saturated heterocycles. The molecule has 1 amide bonds. The maximum Gasteiger partial charge on any atom is 0.248 e. The summed E-state index contributed by atoms with van der Waals surface area (Å²) in [7, 11) is 0. The van der Waals surface area contributed by atoms with Gasteiger partial charge in [-0.1, -0.05) is 6.42 Å². The minimum Gasteiger partial charge on any atom is -0.356 e. The third-order valence-electron chi connectivity index (χ3n) is 3.20. The first-order valence-electron chi connectivity index (χ1n) is 6.27. The third kappa shape index (κ3) is 5.66. The molecule has 1 aliphatic carbocycles. The van der Waals surface area contributed by atoms with Crippen molar-refractivity contribution in [1.82, 2.24) is 5.32 Å². The molecule has 0 bridgehead atoms. The standard InChI is InChI=1S/C12H20ClF2NO/c13-8-2-1-3-9-16-11(17)10-4-6-12(14,15)7-5-10/h10H,1-9H2,(H,16,17). The Kier molecular flexibility index (Phi) is 6.17. The summed E-state index contributed by atoms with van der Waals surface area (Å²) >= 11 is 5.53. The normalized spacial score (nSPS) is 20.2. The molecule has 0 aliphatic heterocycles. The van der Waals surface area contributed by atoms with Crippen molar-refractivity contribution in [3.8, 4) is 0 Å². The first-order chi connectivity index (χ1) is 8.05. The van der Waals surface area contributed by atoms with Gasteiger partial charge in [-0.15, -0.1) is 11.6 Å².